The average molecular weight is 457 g/mol. The Morgan fingerprint density at radius 3 is 2.59 bits per heavy atom. The van der Waals surface area contributed by atoms with Gasteiger partial charge in [-0.1, -0.05) is 18.2 Å². The fraction of sp³-hybridized carbons (Fsp3) is 0.269. The van der Waals surface area contributed by atoms with Gasteiger partial charge in [-0.25, -0.2) is 4.52 Å². The summed E-state index contributed by atoms with van der Waals surface area (Å²) in [5.74, 6) is 1.26. The Balaban J connectivity index is 1.28. The molecule has 5 rings (SSSR count). The summed E-state index contributed by atoms with van der Waals surface area (Å²) in [6.45, 7) is 5.53. The highest BCUT2D eigenvalue weighted by Crippen LogP contribution is 2.25. The van der Waals surface area contributed by atoms with Gasteiger partial charge in [0.25, 0.3) is 0 Å². The van der Waals surface area contributed by atoms with Crippen molar-refractivity contribution in [1.82, 2.24) is 19.5 Å². The van der Waals surface area contributed by atoms with Gasteiger partial charge in [0.15, 0.2) is 5.65 Å². The van der Waals surface area contributed by atoms with E-state index in [1.165, 1.54) is 32.9 Å². The first kappa shape index (κ1) is 21.9. The predicted octanol–water partition coefficient (Wildman–Crippen LogP) is 4.57. The third-order valence-corrected chi connectivity index (χ3v) is 5.82. The second kappa shape index (κ2) is 9.93. The topological polar surface area (TPSA) is 83.8 Å². The highest BCUT2D eigenvalue weighted by Gasteiger charge is 2.12. The maximum Gasteiger partial charge on any atom is 0.247 e. The van der Waals surface area contributed by atoms with Gasteiger partial charge in [0.05, 0.1) is 5.69 Å². The Morgan fingerprint density at radius 2 is 1.79 bits per heavy atom. The predicted molar refractivity (Wildman–Crippen MR) is 134 cm³/mol. The molecular formula is C26H28N6O2. The maximum absolute atomic E-state index is 11.4. The van der Waals surface area contributed by atoms with Crippen LogP contribution in [0.5, 0.6) is 5.75 Å². The summed E-state index contributed by atoms with van der Waals surface area (Å²) in [5.41, 5.74) is 4.17. The molecule has 2 aromatic carbocycles. The van der Waals surface area contributed by atoms with Gasteiger partial charge in [0.1, 0.15) is 12.4 Å². The van der Waals surface area contributed by atoms with E-state index in [4.69, 9.17) is 4.74 Å². The second-order valence-corrected chi connectivity index (χ2v) is 8.43. The lowest BCUT2D eigenvalue weighted by Crippen LogP contribution is -2.25. The molecule has 174 valence electrons. The first-order chi connectivity index (χ1) is 16.6. The van der Waals surface area contributed by atoms with Crippen LogP contribution in [-0.2, 0) is 4.79 Å². The van der Waals surface area contributed by atoms with Crippen LogP contribution in [0.1, 0.15) is 19.8 Å². The molecule has 1 aliphatic rings. The van der Waals surface area contributed by atoms with Crippen molar-refractivity contribution in [1.29, 1.82) is 0 Å². The number of likely N-dealkylation sites (tertiary alicyclic amines) is 1. The molecule has 3 heterocycles. The molecule has 8 heteroatoms. The zero-order chi connectivity index (χ0) is 23.3. The van der Waals surface area contributed by atoms with Gasteiger partial charge in [-0.15, -0.1) is 5.10 Å². The van der Waals surface area contributed by atoms with Crippen molar-refractivity contribution >= 4 is 28.9 Å². The van der Waals surface area contributed by atoms with Crippen molar-refractivity contribution in [3.05, 3.63) is 66.7 Å². The number of amides is 1. The highest BCUT2D eigenvalue weighted by atomic mass is 16.5. The smallest absolute Gasteiger partial charge is 0.247 e. The molecule has 0 atom stereocenters. The number of rotatable bonds is 8. The van der Waals surface area contributed by atoms with E-state index in [2.05, 4.69) is 25.6 Å². The number of nitrogens with one attached hydrogen (secondary N) is 2. The van der Waals surface area contributed by atoms with Crippen molar-refractivity contribution in [3.63, 3.8) is 0 Å². The molecule has 8 nitrogen and oxygen atoms in total. The molecule has 0 spiro atoms. The second-order valence-electron chi connectivity index (χ2n) is 8.43. The quantitative estimate of drug-likeness (QED) is 0.404. The molecule has 0 saturated carbocycles. The third kappa shape index (κ3) is 5.18. The van der Waals surface area contributed by atoms with Crippen molar-refractivity contribution in [2.75, 3.05) is 36.9 Å². The Morgan fingerprint density at radius 1 is 1.00 bits per heavy atom. The fourth-order valence-electron chi connectivity index (χ4n) is 4.20. The van der Waals surface area contributed by atoms with Gasteiger partial charge in [-0.3, -0.25) is 9.69 Å². The van der Waals surface area contributed by atoms with Crippen molar-refractivity contribution in [2.45, 2.75) is 19.8 Å². The summed E-state index contributed by atoms with van der Waals surface area (Å²) in [4.78, 5) is 18.5. The van der Waals surface area contributed by atoms with Crippen LogP contribution in [0.2, 0.25) is 0 Å². The number of ether oxygens (including phenoxy) is 1. The van der Waals surface area contributed by atoms with E-state index in [0.717, 1.165) is 40.6 Å². The van der Waals surface area contributed by atoms with Crippen LogP contribution in [-0.4, -0.2) is 51.6 Å². The Bertz CT molecular complexity index is 1280. The van der Waals surface area contributed by atoms with Crippen LogP contribution in [0.3, 0.4) is 0 Å². The minimum Gasteiger partial charge on any atom is -0.492 e. The number of benzene rings is 2. The monoisotopic (exact) mass is 456 g/mol. The van der Waals surface area contributed by atoms with Gasteiger partial charge in [0.2, 0.25) is 11.9 Å². The number of anilines is 3. The van der Waals surface area contributed by atoms with Crippen LogP contribution >= 0.6 is 0 Å². The minimum atomic E-state index is -0.106. The number of hydrogen-bond acceptors (Lipinski definition) is 6. The number of carbonyl (C=O) groups is 1. The number of nitrogens with zero attached hydrogens (tertiary/aromatic N) is 4. The van der Waals surface area contributed by atoms with E-state index in [1.54, 1.807) is 4.52 Å². The number of pyridine rings is 1. The standard InChI is InChI=1S/C26H28N6O2/c1-19(33)27-22-7-4-6-20(18-22)24-8-5-9-25-29-26(30-32(24)25)28-21-10-12-23(13-11-21)34-17-16-31-14-2-3-15-31/h4-13,18H,2-3,14-17H2,1H3,(H,27,33)(H,28,30). The first-order valence-electron chi connectivity index (χ1n) is 11.6. The summed E-state index contributed by atoms with van der Waals surface area (Å²) in [7, 11) is 0. The summed E-state index contributed by atoms with van der Waals surface area (Å²) < 4.78 is 7.69. The largest absolute Gasteiger partial charge is 0.492 e. The van der Waals surface area contributed by atoms with E-state index in [0.29, 0.717) is 12.6 Å². The fourth-order valence-corrected chi connectivity index (χ4v) is 4.20. The molecule has 0 radical (unpaired) electrons. The van der Waals surface area contributed by atoms with Crippen LogP contribution < -0.4 is 15.4 Å². The van der Waals surface area contributed by atoms with Crippen molar-refractivity contribution in [3.8, 4) is 17.0 Å². The van der Waals surface area contributed by atoms with E-state index in [1.807, 2.05) is 66.7 Å². The molecule has 34 heavy (non-hydrogen) atoms. The lowest BCUT2D eigenvalue weighted by Gasteiger charge is -2.15. The van der Waals surface area contributed by atoms with E-state index < -0.39 is 0 Å². The van der Waals surface area contributed by atoms with Gasteiger partial charge in [-0.2, -0.15) is 4.98 Å². The van der Waals surface area contributed by atoms with E-state index >= 15 is 0 Å². The molecule has 4 aromatic rings. The Labute approximate surface area is 198 Å². The molecule has 1 saturated heterocycles. The lowest BCUT2D eigenvalue weighted by atomic mass is 10.1. The molecule has 1 aliphatic heterocycles. The van der Waals surface area contributed by atoms with Crippen molar-refractivity contribution in [2.24, 2.45) is 0 Å². The zero-order valence-electron chi connectivity index (χ0n) is 19.2. The molecule has 0 bridgehead atoms. The highest BCUT2D eigenvalue weighted by molar-refractivity contribution is 5.89. The summed E-state index contributed by atoms with van der Waals surface area (Å²) in [6.07, 6.45) is 2.59. The molecule has 2 aromatic heterocycles. The zero-order valence-corrected chi connectivity index (χ0v) is 19.2. The molecule has 0 aliphatic carbocycles. The molecule has 0 unspecified atom stereocenters. The molecule has 1 fully saturated rings. The third-order valence-electron chi connectivity index (χ3n) is 5.82. The summed E-state index contributed by atoms with van der Waals surface area (Å²) in [6, 6.07) is 21.4. The number of fused-ring (bicyclic) bond motifs is 1. The van der Waals surface area contributed by atoms with Crippen molar-refractivity contribution < 1.29 is 9.53 Å². The summed E-state index contributed by atoms with van der Waals surface area (Å²) >= 11 is 0. The van der Waals surface area contributed by atoms with Crippen LogP contribution in [0.15, 0.2) is 66.7 Å². The molecule has 2 N–H and O–H groups in total. The number of carbonyl (C=O) groups excluding carboxylic acids is 1. The van der Waals surface area contributed by atoms with Gasteiger partial charge in [0, 0.05) is 30.4 Å². The number of aromatic nitrogens is 3. The first-order valence-corrected chi connectivity index (χ1v) is 11.6. The molecular weight excluding hydrogens is 428 g/mol. The SMILES string of the molecule is CC(=O)Nc1cccc(-c2cccc3nc(Nc4ccc(OCCN5CCCC5)cc4)nn23)c1. The number of hydrogen-bond donors (Lipinski definition) is 2. The van der Waals surface area contributed by atoms with E-state index in [-0.39, 0.29) is 5.91 Å². The van der Waals surface area contributed by atoms with Gasteiger partial charge in [-0.05, 0) is 74.5 Å². The Hall–Kier alpha value is -3.91. The maximum atomic E-state index is 11.4. The minimum absolute atomic E-state index is 0.106. The van der Waals surface area contributed by atoms with Gasteiger partial charge >= 0.3 is 0 Å². The van der Waals surface area contributed by atoms with Crippen LogP contribution in [0.25, 0.3) is 16.9 Å². The molecule has 1 amide bonds. The lowest BCUT2D eigenvalue weighted by molar-refractivity contribution is -0.114. The Kier molecular flexibility index (Phi) is 6.40. The van der Waals surface area contributed by atoms with Crippen LogP contribution in [0.4, 0.5) is 17.3 Å². The summed E-state index contributed by atoms with van der Waals surface area (Å²) in [5, 5.41) is 10.8. The average Bonchev–Trinajstić information content (AvgIpc) is 3.49. The normalized spacial score (nSPS) is 13.8. The van der Waals surface area contributed by atoms with Gasteiger partial charge < -0.3 is 15.4 Å². The van der Waals surface area contributed by atoms with E-state index in [9.17, 15) is 4.79 Å². The van der Waals surface area contributed by atoms with Crippen LogP contribution in [0, 0.1) is 0 Å².